The SMILES string of the molecule is CCC(C)(O)CC(=O)N1CCCN(Cc2csc(C)n2)CC1. The summed E-state index contributed by atoms with van der Waals surface area (Å²) in [5.74, 6) is 0.0678. The van der Waals surface area contributed by atoms with Crippen molar-refractivity contribution in [1.29, 1.82) is 0 Å². The van der Waals surface area contributed by atoms with Gasteiger partial charge in [-0.3, -0.25) is 9.69 Å². The number of carbonyl (C=O) groups excluding carboxylic acids is 1. The molecule has 1 amide bonds. The predicted octanol–water partition coefficient (Wildman–Crippen LogP) is 2.04. The van der Waals surface area contributed by atoms with E-state index in [2.05, 4.69) is 15.3 Å². The molecule has 0 spiro atoms. The van der Waals surface area contributed by atoms with E-state index in [1.807, 2.05) is 18.7 Å². The van der Waals surface area contributed by atoms with Gasteiger partial charge in [0.1, 0.15) is 0 Å². The number of aromatic nitrogens is 1. The first kappa shape index (κ1) is 17.4. The standard InChI is InChI=1S/C16H27N3O2S/c1-4-16(3,21)10-15(20)19-7-5-6-18(8-9-19)11-14-12-22-13(2)17-14/h12,21H,4-11H2,1-3H3. The summed E-state index contributed by atoms with van der Waals surface area (Å²) in [6, 6.07) is 0. The molecule has 0 bridgehead atoms. The van der Waals surface area contributed by atoms with Crippen molar-refractivity contribution in [3.05, 3.63) is 16.1 Å². The van der Waals surface area contributed by atoms with E-state index in [0.717, 1.165) is 49.8 Å². The molecular weight excluding hydrogens is 298 g/mol. The molecule has 0 aromatic carbocycles. The van der Waals surface area contributed by atoms with Gasteiger partial charge in [0.15, 0.2) is 0 Å². The number of rotatable bonds is 5. The molecule has 1 aromatic heterocycles. The van der Waals surface area contributed by atoms with Crippen molar-refractivity contribution in [3.8, 4) is 0 Å². The highest BCUT2D eigenvalue weighted by Gasteiger charge is 2.26. The lowest BCUT2D eigenvalue weighted by atomic mass is 9.98. The van der Waals surface area contributed by atoms with Gasteiger partial charge >= 0.3 is 0 Å². The number of aliphatic hydroxyl groups is 1. The van der Waals surface area contributed by atoms with Gasteiger partial charge in [-0.15, -0.1) is 11.3 Å². The fraction of sp³-hybridized carbons (Fsp3) is 0.750. The first-order chi connectivity index (χ1) is 10.4. The normalized spacial score (nSPS) is 19.7. The second kappa shape index (κ2) is 7.53. The quantitative estimate of drug-likeness (QED) is 0.900. The van der Waals surface area contributed by atoms with Gasteiger partial charge in [0.2, 0.25) is 5.91 Å². The number of hydrogen-bond donors (Lipinski definition) is 1. The minimum absolute atomic E-state index is 0.0678. The van der Waals surface area contributed by atoms with E-state index in [4.69, 9.17) is 0 Å². The first-order valence-corrected chi connectivity index (χ1v) is 8.91. The zero-order chi connectivity index (χ0) is 16.2. The third-order valence-electron chi connectivity index (χ3n) is 4.29. The molecule has 0 aliphatic carbocycles. The molecule has 124 valence electrons. The lowest BCUT2D eigenvalue weighted by Crippen LogP contribution is -2.39. The average molecular weight is 325 g/mol. The van der Waals surface area contributed by atoms with Gasteiger partial charge in [0.05, 0.1) is 22.7 Å². The third kappa shape index (κ3) is 5.04. The van der Waals surface area contributed by atoms with Gasteiger partial charge in [0.25, 0.3) is 0 Å². The van der Waals surface area contributed by atoms with Gasteiger partial charge in [-0.1, -0.05) is 6.92 Å². The molecule has 1 saturated heterocycles. The van der Waals surface area contributed by atoms with Gasteiger partial charge in [-0.05, 0) is 26.7 Å². The lowest BCUT2D eigenvalue weighted by molar-refractivity contribution is -0.135. The average Bonchev–Trinajstić information content (AvgIpc) is 2.73. The van der Waals surface area contributed by atoms with Crippen LogP contribution >= 0.6 is 11.3 Å². The molecule has 1 fully saturated rings. The van der Waals surface area contributed by atoms with E-state index < -0.39 is 5.60 Å². The Morgan fingerprint density at radius 1 is 1.41 bits per heavy atom. The highest BCUT2D eigenvalue weighted by molar-refractivity contribution is 7.09. The number of hydrogen-bond acceptors (Lipinski definition) is 5. The van der Waals surface area contributed by atoms with E-state index in [-0.39, 0.29) is 12.3 Å². The Kier molecular flexibility index (Phi) is 5.94. The molecule has 1 aliphatic rings. The summed E-state index contributed by atoms with van der Waals surface area (Å²) in [5.41, 5.74) is 0.234. The van der Waals surface area contributed by atoms with Crippen LogP contribution in [0.25, 0.3) is 0 Å². The van der Waals surface area contributed by atoms with Crippen LogP contribution in [0, 0.1) is 6.92 Å². The Morgan fingerprint density at radius 3 is 2.82 bits per heavy atom. The summed E-state index contributed by atoms with van der Waals surface area (Å²) in [6.45, 7) is 9.91. The second-order valence-electron chi connectivity index (χ2n) is 6.40. The largest absolute Gasteiger partial charge is 0.390 e. The molecule has 1 unspecified atom stereocenters. The molecule has 2 heterocycles. The van der Waals surface area contributed by atoms with Crippen LogP contribution in [0.4, 0.5) is 0 Å². The van der Waals surface area contributed by atoms with Crippen molar-refractivity contribution in [1.82, 2.24) is 14.8 Å². The van der Waals surface area contributed by atoms with Crippen LogP contribution in [0.2, 0.25) is 0 Å². The van der Waals surface area contributed by atoms with Crippen LogP contribution in [-0.2, 0) is 11.3 Å². The number of thiazole rings is 1. The zero-order valence-corrected chi connectivity index (χ0v) is 14.7. The van der Waals surface area contributed by atoms with Crippen LogP contribution in [0.5, 0.6) is 0 Å². The smallest absolute Gasteiger partial charge is 0.225 e. The molecule has 1 atom stereocenters. The summed E-state index contributed by atoms with van der Waals surface area (Å²) >= 11 is 1.68. The maximum absolute atomic E-state index is 12.3. The van der Waals surface area contributed by atoms with E-state index >= 15 is 0 Å². The zero-order valence-electron chi connectivity index (χ0n) is 13.8. The number of carbonyl (C=O) groups is 1. The van der Waals surface area contributed by atoms with Crippen molar-refractivity contribution < 1.29 is 9.90 Å². The highest BCUT2D eigenvalue weighted by Crippen LogP contribution is 2.17. The Morgan fingerprint density at radius 2 is 2.18 bits per heavy atom. The van der Waals surface area contributed by atoms with Gasteiger partial charge < -0.3 is 10.0 Å². The highest BCUT2D eigenvalue weighted by atomic mass is 32.1. The molecule has 22 heavy (non-hydrogen) atoms. The van der Waals surface area contributed by atoms with Gasteiger partial charge in [0, 0.05) is 38.1 Å². The molecule has 1 aromatic rings. The van der Waals surface area contributed by atoms with Gasteiger partial charge in [-0.25, -0.2) is 4.98 Å². The fourth-order valence-corrected chi connectivity index (χ4v) is 3.25. The van der Waals surface area contributed by atoms with Crippen molar-refractivity contribution in [2.24, 2.45) is 0 Å². The molecule has 0 radical (unpaired) electrons. The summed E-state index contributed by atoms with van der Waals surface area (Å²) in [5, 5.41) is 13.3. The van der Waals surface area contributed by atoms with E-state index in [9.17, 15) is 9.90 Å². The molecule has 5 nitrogen and oxygen atoms in total. The summed E-state index contributed by atoms with van der Waals surface area (Å²) in [4.78, 5) is 21.1. The maximum atomic E-state index is 12.3. The Hall–Kier alpha value is -0.980. The van der Waals surface area contributed by atoms with Crippen LogP contribution in [0.15, 0.2) is 5.38 Å². The number of amides is 1. The van der Waals surface area contributed by atoms with E-state index in [1.54, 1.807) is 18.3 Å². The molecular formula is C16H27N3O2S. The Bertz CT molecular complexity index is 501. The third-order valence-corrected chi connectivity index (χ3v) is 5.11. The van der Waals surface area contributed by atoms with Crippen LogP contribution in [0.3, 0.4) is 0 Å². The predicted molar refractivity (Wildman–Crippen MR) is 88.9 cm³/mol. The van der Waals surface area contributed by atoms with Crippen LogP contribution in [0.1, 0.15) is 43.8 Å². The fourth-order valence-electron chi connectivity index (χ4n) is 2.65. The first-order valence-electron chi connectivity index (χ1n) is 8.03. The van der Waals surface area contributed by atoms with Crippen molar-refractivity contribution in [2.75, 3.05) is 26.2 Å². The van der Waals surface area contributed by atoms with Crippen LogP contribution in [-0.4, -0.2) is 57.6 Å². The number of nitrogens with zero attached hydrogens (tertiary/aromatic N) is 3. The minimum Gasteiger partial charge on any atom is -0.390 e. The van der Waals surface area contributed by atoms with E-state index in [1.165, 1.54) is 0 Å². The lowest BCUT2D eigenvalue weighted by Gasteiger charge is -2.26. The second-order valence-corrected chi connectivity index (χ2v) is 7.46. The van der Waals surface area contributed by atoms with Crippen molar-refractivity contribution in [3.63, 3.8) is 0 Å². The molecule has 1 N–H and O–H groups in total. The molecule has 2 rings (SSSR count). The summed E-state index contributed by atoms with van der Waals surface area (Å²) in [7, 11) is 0. The van der Waals surface area contributed by atoms with Crippen LogP contribution < -0.4 is 0 Å². The Balaban J connectivity index is 1.85. The topological polar surface area (TPSA) is 56.7 Å². The summed E-state index contributed by atoms with van der Waals surface area (Å²) in [6.07, 6.45) is 1.79. The Labute approximate surface area is 137 Å². The monoisotopic (exact) mass is 325 g/mol. The molecule has 0 saturated carbocycles. The molecule has 1 aliphatic heterocycles. The minimum atomic E-state index is -0.888. The molecule has 6 heteroatoms. The number of aryl methyl sites for hydroxylation is 1. The maximum Gasteiger partial charge on any atom is 0.225 e. The van der Waals surface area contributed by atoms with E-state index in [0.29, 0.717) is 6.42 Å². The van der Waals surface area contributed by atoms with Gasteiger partial charge in [-0.2, -0.15) is 0 Å². The van der Waals surface area contributed by atoms with Crippen molar-refractivity contribution in [2.45, 2.75) is 52.2 Å². The summed E-state index contributed by atoms with van der Waals surface area (Å²) < 4.78 is 0. The van der Waals surface area contributed by atoms with Crippen molar-refractivity contribution >= 4 is 17.2 Å².